The topological polar surface area (TPSA) is 117 Å². The van der Waals surface area contributed by atoms with Crippen LogP contribution in [0.2, 0.25) is 5.02 Å². The number of para-hydroxylation sites is 2. The Hall–Kier alpha value is -4.25. The molecule has 0 saturated carbocycles. The number of halogens is 2. The summed E-state index contributed by atoms with van der Waals surface area (Å²) >= 11 is 6.17. The van der Waals surface area contributed by atoms with Crippen molar-refractivity contribution in [3.05, 3.63) is 99.2 Å². The van der Waals surface area contributed by atoms with Gasteiger partial charge in [-0.05, 0) is 29.8 Å². The van der Waals surface area contributed by atoms with Crippen molar-refractivity contribution in [2.45, 2.75) is 13.3 Å². The number of ether oxygens (including phenoxy) is 1. The third-order valence-corrected chi connectivity index (χ3v) is 4.77. The number of anilines is 1. The van der Waals surface area contributed by atoms with Crippen LogP contribution in [0.5, 0.6) is 5.75 Å². The van der Waals surface area contributed by atoms with Crippen molar-refractivity contribution >= 4 is 29.0 Å². The summed E-state index contributed by atoms with van der Waals surface area (Å²) in [6.45, 7) is 0.207. The quantitative estimate of drug-likeness (QED) is 0.306. The molecule has 0 fully saturated rings. The summed E-state index contributed by atoms with van der Waals surface area (Å²) in [7, 11) is 0. The van der Waals surface area contributed by atoms with Crippen molar-refractivity contribution in [2.24, 2.45) is 0 Å². The maximum atomic E-state index is 13.1. The Balaban J connectivity index is 1.38. The minimum Gasteiger partial charge on any atom is -0.464 e. The Morgan fingerprint density at radius 2 is 1.88 bits per heavy atom. The predicted molar refractivity (Wildman–Crippen MR) is 117 cm³/mol. The molecule has 2 aromatic carbocycles. The monoisotopic (exact) mass is 470 g/mol. The second kappa shape index (κ2) is 9.49. The average Bonchev–Trinajstić information content (AvgIpc) is 3.40. The number of carbonyl (C=O) groups excluding carboxylic acids is 1. The molecule has 2 heterocycles. The summed E-state index contributed by atoms with van der Waals surface area (Å²) in [5, 5.41) is 22.2. The number of amides is 1. The van der Waals surface area contributed by atoms with Crippen LogP contribution in [-0.2, 0) is 13.3 Å². The molecule has 0 radical (unpaired) electrons. The van der Waals surface area contributed by atoms with Crippen molar-refractivity contribution in [3.63, 3.8) is 0 Å². The third kappa shape index (κ3) is 5.33. The van der Waals surface area contributed by atoms with Gasteiger partial charge >= 0.3 is 5.69 Å². The van der Waals surface area contributed by atoms with Gasteiger partial charge in [0.05, 0.1) is 11.5 Å². The Morgan fingerprint density at radius 1 is 1.12 bits per heavy atom. The first kappa shape index (κ1) is 22.0. The maximum Gasteiger partial charge on any atom is 0.311 e. The fraction of sp³-hybridized carbons (Fsp3) is 0.0952. The van der Waals surface area contributed by atoms with E-state index in [9.17, 15) is 19.3 Å². The van der Waals surface area contributed by atoms with E-state index in [0.717, 1.165) is 5.56 Å². The summed E-state index contributed by atoms with van der Waals surface area (Å²) in [5.74, 6) is -0.651. The molecule has 0 bridgehead atoms. The molecule has 12 heteroatoms. The molecular formula is C21H16ClFN6O4. The van der Waals surface area contributed by atoms with Gasteiger partial charge in [0.2, 0.25) is 0 Å². The lowest BCUT2D eigenvalue weighted by molar-refractivity contribution is -0.386. The van der Waals surface area contributed by atoms with Gasteiger partial charge in [0, 0.05) is 18.5 Å². The molecule has 168 valence electrons. The van der Waals surface area contributed by atoms with Crippen LogP contribution in [-0.4, -0.2) is 30.4 Å². The standard InChI is InChI=1S/C21H16ClFN6O4/c22-16-12-28(11-14-5-7-15(23)8-6-14)26-20(16)24-21(30)17-9-10-27(25-17)13-33-19-4-2-1-3-18(19)29(31)32/h1-10,12H,11,13H2,(H,24,26,30). The molecule has 10 nitrogen and oxygen atoms in total. The van der Waals surface area contributed by atoms with Gasteiger partial charge in [-0.25, -0.2) is 9.07 Å². The number of nitrogens with one attached hydrogen (secondary N) is 1. The maximum absolute atomic E-state index is 13.1. The summed E-state index contributed by atoms with van der Waals surface area (Å²) in [5.41, 5.74) is 0.713. The number of hydrogen-bond acceptors (Lipinski definition) is 6. The van der Waals surface area contributed by atoms with Crippen molar-refractivity contribution in [1.29, 1.82) is 0 Å². The van der Waals surface area contributed by atoms with Crippen molar-refractivity contribution < 1.29 is 18.8 Å². The van der Waals surface area contributed by atoms with Gasteiger partial charge in [-0.15, -0.1) is 0 Å². The molecule has 4 aromatic rings. The molecule has 1 amide bonds. The normalized spacial score (nSPS) is 10.7. The molecule has 33 heavy (non-hydrogen) atoms. The molecule has 0 spiro atoms. The van der Waals surface area contributed by atoms with Crippen LogP contribution in [0, 0.1) is 15.9 Å². The lowest BCUT2D eigenvalue weighted by Crippen LogP contribution is -2.15. The zero-order chi connectivity index (χ0) is 23.4. The number of nitrogens with zero attached hydrogens (tertiary/aromatic N) is 5. The summed E-state index contributed by atoms with van der Waals surface area (Å²) in [6, 6.07) is 13.4. The third-order valence-electron chi connectivity index (χ3n) is 4.49. The molecule has 0 saturated heterocycles. The van der Waals surface area contributed by atoms with Crippen LogP contribution < -0.4 is 10.1 Å². The van der Waals surface area contributed by atoms with Crippen LogP contribution in [0.1, 0.15) is 16.1 Å². The Kier molecular flexibility index (Phi) is 6.31. The van der Waals surface area contributed by atoms with E-state index in [2.05, 4.69) is 15.5 Å². The Morgan fingerprint density at radius 3 is 2.64 bits per heavy atom. The molecule has 1 N–H and O–H groups in total. The molecule has 0 aliphatic heterocycles. The number of aromatic nitrogens is 4. The minimum absolute atomic E-state index is 0.0744. The molecule has 2 aromatic heterocycles. The summed E-state index contributed by atoms with van der Waals surface area (Å²) < 4.78 is 21.3. The highest BCUT2D eigenvalue weighted by Gasteiger charge is 2.16. The number of hydrogen-bond donors (Lipinski definition) is 1. The molecule has 0 aliphatic carbocycles. The first-order valence-corrected chi connectivity index (χ1v) is 9.95. The highest BCUT2D eigenvalue weighted by atomic mass is 35.5. The fourth-order valence-electron chi connectivity index (χ4n) is 2.93. The molecular weight excluding hydrogens is 455 g/mol. The molecule has 4 rings (SSSR count). The van der Waals surface area contributed by atoms with Crippen molar-refractivity contribution in [3.8, 4) is 5.75 Å². The highest BCUT2D eigenvalue weighted by molar-refractivity contribution is 6.33. The van der Waals surface area contributed by atoms with Gasteiger partial charge in [0.15, 0.2) is 24.0 Å². The highest BCUT2D eigenvalue weighted by Crippen LogP contribution is 2.26. The Bertz CT molecular complexity index is 1300. The number of benzene rings is 2. The van der Waals surface area contributed by atoms with Crippen molar-refractivity contribution in [2.75, 3.05) is 5.32 Å². The van der Waals surface area contributed by atoms with Crippen molar-refractivity contribution in [1.82, 2.24) is 19.6 Å². The lowest BCUT2D eigenvalue weighted by atomic mass is 10.2. The van der Waals surface area contributed by atoms with E-state index < -0.39 is 10.8 Å². The SMILES string of the molecule is O=C(Nc1nn(Cc2ccc(F)cc2)cc1Cl)c1ccn(COc2ccccc2[N+](=O)[O-])n1. The van der Waals surface area contributed by atoms with E-state index in [4.69, 9.17) is 16.3 Å². The minimum atomic E-state index is -0.548. The first-order valence-electron chi connectivity index (χ1n) is 9.57. The van der Waals surface area contributed by atoms with Crippen LogP contribution in [0.15, 0.2) is 67.0 Å². The van der Waals surface area contributed by atoms with Gasteiger partial charge in [0.1, 0.15) is 10.8 Å². The molecule has 0 aliphatic rings. The molecule has 0 unspecified atom stereocenters. The summed E-state index contributed by atoms with van der Waals surface area (Å²) in [4.78, 5) is 23.1. The molecule has 0 atom stereocenters. The van der Waals surface area contributed by atoms with Gasteiger partial charge in [-0.3, -0.25) is 19.6 Å². The van der Waals surface area contributed by atoms with Gasteiger partial charge in [-0.2, -0.15) is 10.2 Å². The van der Waals surface area contributed by atoms with E-state index >= 15 is 0 Å². The van der Waals surface area contributed by atoms with Crippen LogP contribution in [0.3, 0.4) is 0 Å². The number of carbonyl (C=O) groups is 1. The average molecular weight is 471 g/mol. The van der Waals surface area contributed by atoms with E-state index in [0.29, 0.717) is 6.54 Å². The second-order valence-corrected chi connectivity index (χ2v) is 7.25. The summed E-state index contributed by atoms with van der Waals surface area (Å²) in [6.07, 6.45) is 3.04. The smallest absolute Gasteiger partial charge is 0.311 e. The predicted octanol–water partition coefficient (Wildman–Crippen LogP) is 4.12. The van der Waals surface area contributed by atoms with E-state index in [1.807, 2.05) is 0 Å². The van der Waals surface area contributed by atoms with E-state index in [1.165, 1.54) is 52.0 Å². The number of nitro groups is 1. The first-order chi connectivity index (χ1) is 15.9. The van der Waals surface area contributed by atoms with E-state index in [-0.39, 0.29) is 40.5 Å². The zero-order valence-corrected chi connectivity index (χ0v) is 17.6. The van der Waals surface area contributed by atoms with Gasteiger partial charge < -0.3 is 10.1 Å². The largest absolute Gasteiger partial charge is 0.464 e. The lowest BCUT2D eigenvalue weighted by Gasteiger charge is -2.06. The van der Waals surface area contributed by atoms with Crippen LogP contribution in [0.25, 0.3) is 0 Å². The van der Waals surface area contributed by atoms with Gasteiger partial charge in [0.25, 0.3) is 5.91 Å². The Labute approximate surface area is 191 Å². The zero-order valence-electron chi connectivity index (χ0n) is 16.9. The van der Waals surface area contributed by atoms with Gasteiger partial charge in [-0.1, -0.05) is 35.9 Å². The van der Waals surface area contributed by atoms with E-state index in [1.54, 1.807) is 24.4 Å². The number of rotatable bonds is 8. The second-order valence-electron chi connectivity index (χ2n) is 6.84. The van der Waals surface area contributed by atoms with Crippen LogP contribution >= 0.6 is 11.6 Å². The van der Waals surface area contributed by atoms with Crippen LogP contribution in [0.4, 0.5) is 15.9 Å². The number of nitro benzene ring substituents is 1. The fourth-order valence-corrected chi connectivity index (χ4v) is 3.13.